The summed E-state index contributed by atoms with van der Waals surface area (Å²) in [7, 11) is 0. The van der Waals surface area contributed by atoms with Gasteiger partial charge in [-0.05, 0) is 6.92 Å². The second-order valence-electron chi connectivity index (χ2n) is 2.57. The van der Waals surface area contributed by atoms with Gasteiger partial charge in [-0.1, -0.05) is 6.92 Å². The fourth-order valence-electron chi connectivity index (χ4n) is 0.715. The van der Waals surface area contributed by atoms with Gasteiger partial charge in [0, 0.05) is 13.0 Å². The third kappa shape index (κ3) is 7.97. The molecule has 0 fully saturated rings. The van der Waals surface area contributed by atoms with E-state index in [9.17, 15) is 4.79 Å². The van der Waals surface area contributed by atoms with Gasteiger partial charge in [0.2, 0.25) is 6.29 Å². The molecular weight excluding hydrogens is 188 g/mol. The van der Waals surface area contributed by atoms with Crippen LogP contribution in [0.25, 0.3) is 0 Å². The molecule has 0 rings (SSSR count). The SMILES string of the molecule is CCOCCOCC(O)OC(=O)CC. The Hall–Kier alpha value is -0.650. The minimum atomic E-state index is -1.18. The van der Waals surface area contributed by atoms with Crippen molar-refractivity contribution in [3.05, 3.63) is 0 Å². The predicted molar refractivity (Wildman–Crippen MR) is 49.7 cm³/mol. The van der Waals surface area contributed by atoms with Gasteiger partial charge in [-0.3, -0.25) is 4.79 Å². The molecule has 0 aromatic rings. The van der Waals surface area contributed by atoms with Crippen molar-refractivity contribution in [1.82, 2.24) is 0 Å². The first-order chi connectivity index (χ1) is 6.70. The molecule has 1 atom stereocenters. The van der Waals surface area contributed by atoms with Crippen LogP contribution in [0.1, 0.15) is 20.3 Å². The molecule has 0 saturated heterocycles. The average Bonchev–Trinajstić information content (AvgIpc) is 2.17. The zero-order valence-electron chi connectivity index (χ0n) is 8.69. The van der Waals surface area contributed by atoms with E-state index in [0.29, 0.717) is 19.8 Å². The van der Waals surface area contributed by atoms with E-state index in [4.69, 9.17) is 14.6 Å². The third-order valence-corrected chi connectivity index (χ3v) is 1.39. The van der Waals surface area contributed by atoms with Crippen LogP contribution in [0.2, 0.25) is 0 Å². The molecule has 0 spiro atoms. The first-order valence-corrected chi connectivity index (χ1v) is 4.73. The molecule has 0 radical (unpaired) electrons. The lowest BCUT2D eigenvalue weighted by molar-refractivity contribution is -0.177. The van der Waals surface area contributed by atoms with E-state index in [2.05, 4.69) is 4.74 Å². The molecule has 1 N–H and O–H groups in total. The number of esters is 1. The van der Waals surface area contributed by atoms with Gasteiger partial charge in [0.25, 0.3) is 0 Å². The van der Waals surface area contributed by atoms with E-state index in [0.717, 1.165) is 0 Å². The molecule has 84 valence electrons. The lowest BCUT2D eigenvalue weighted by atomic mass is 10.5. The maximum Gasteiger partial charge on any atom is 0.307 e. The highest BCUT2D eigenvalue weighted by atomic mass is 16.7. The number of hydrogen-bond donors (Lipinski definition) is 1. The van der Waals surface area contributed by atoms with Crippen molar-refractivity contribution in [3.63, 3.8) is 0 Å². The van der Waals surface area contributed by atoms with Crippen molar-refractivity contribution in [2.45, 2.75) is 26.6 Å². The number of carbonyl (C=O) groups is 1. The summed E-state index contributed by atoms with van der Waals surface area (Å²) in [4.78, 5) is 10.7. The minimum absolute atomic E-state index is 0.0151. The molecule has 0 aliphatic rings. The standard InChI is InChI=1S/C9H18O5/c1-3-8(10)14-9(11)7-13-6-5-12-4-2/h9,11H,3-7H2,1-2H3. The van der Waals surface area contributed by atoms with Crippen LogP contribution in [-0.4, -0.2) is 43.8 Å². The van der Waals surface area contributed by atoms with Gasteiger partial charge in [0.1, 0.15) is 6.61 Å². The van der Waals surface area contributed by atoms with Crippen LogP contribution >= 0.6 is 0 Å². The highest BCUT2D eigenvalue weighted by molar-refractivity contribution is 5.68. The summed E-state index contributed by atoms with van der Waals surface area (Å²) < 4.78 is 14.6. The highest BCUT2D eigenvalue weighted by Crippen LogP contribution is 1.92. The van der Waals surface area contributed by atoms with E-state index in [1.807, 2.05) is 6.92 Å². The molecule has 0 aliphatic heterocycles. The first-order valence-electron chi connectivity index (χ1n) is 4.73. The van der Waals surface area contributed by atoms with Crippen LogP contribution in [-0.2, 0) is 19.0 Å². The Morgan fingerprint density at radius 3 is 2.50 bits per heavy atom. The summed E-state index contributed by atoms with van der Waals surface area (Å²) in [5, 5.41) is 9.10. The summed E-state index contributed by atoms with van der Waals surface area (Å²) in [6.45, 7) is 5.03. The van der Waals surface area contributed by atoms with E-state index in [1.165, 1.54) is 0 Å². The van der Waals surface area contributed by atoms with Crippen molar-refractivity contribution in [2.75, 3.05) is 26.4 Å². The number of carbonyl (C=O) groups excluding carboxylic acids is 1. The summed E-state index contributed by atoms with van der Waals surface area (Å²) >= 11 is 0. The van der Waals surface area contributed by atoms with Crippen LogP contribution in [0.15, 0.2) is 0 Å². The maximum absolute atomic E-state index is 10.7. The van der Waals surface area contributed by atoms with Gasteiger partial charge in [-0.25, -0.2) is 0 Å². The molecule has 0 aromatic heterocycles. The largest absolute Gasteiger partial charge is 0.433 e. The minimum Gasteiger partial charge on any atom is -0.433 e. The van der Waals surface area contributed by atoms with Gasteiger partial charge >= 0.3 is 5.97 Å². The maximum atomic E-state index is 10.7. The van der Waals surface area contributed by atoms with Crippen molar-refractivity contribution in [3.8, 4) is 0 Å². The molecule has 0 aromatic carbocycles. The molecule has 0 amide bonds. The zero-order chi connectivity index (χ0) is 10.8. The highest BCUT2D eigenvalue weighted by Gasteiger charge is 2.08. The number of aliphatic hydroxyl groups excluding tert-OH is 1. The Bertz CT molecular complexity index is 148. The van der Waals surface area contributed by atoms with Crippen molar-refractivity contribution in [2.24, 2.45) is 0 Å². The Labute approximate surface area is 84.0 Å². The lowest BCUT2D eigenvalue weighted by Crippen LogP contribution is -2.23. The summed E-state index contributed by atoms with van der Waals surface area (Å²) in [6, 6.07) is 0. The average molecular weight is 206 g/mol. The fourth-order valence-corrected chi connectivity index (χ4v) is 0.715. The predicted octanol–water partition coefficient (Wildman–Crippen LogP) is 0.311. The molecule has 0 heterocycles. The van der Waals surface area contributed by atoms with Gasteiger partial charge < -0.3 is 19.3 Å². The van der Waals surface area contributed by atoms with E-state index >= 15 is 0 Å². The second kappa shape index (κ2) is 8.93. The van der Waals surface area contributed by atoms with Crippen LogP contribution in [0.4, 0.5) is 0 Å². The fraction of sp³-hybridized carbons (Fsp3) is 0.889. The van der Waals surface area contributed by atoms with E-state index < -0.39 is 12.3 Å². The number of aliphatic hydroxyl groups is 1. The van der Waals surface area contributed by atoms with Gasteiger partial charge in [-0.15, -0.1) is 0 Å². The molecule has 0 saturated carbocycles. The van der Waals surface area contributed by atoms with Crippen LogP contribution < -0.4 is 0 Å². The summed E-state index contributed by atoms with van der Waals surface area (Å²) in [5.74, 6) is -0.439. The Balaban J connectivity index is 3.26. The Kier molecular flexibility index (Phi) is 8.51. The zero-order valence-corrected chi connectivity index (χ0v) is 8.69. The van der Waals surface area contributed by atoms with Gasteiger partial charge in [-0.2, -0.15) is 0 Å². The molecule has 0 aliphatic carbocycles. The summed E-state index contributed by atoms with van der Waals surface area (Å²) in [6.07, 6.45) is -0.931. The molecular formula is C9H18O5. The van der Waals surface area contributed by atoms with Gasteiger partial charge in [0.15, 0.2) is 0 Å². The monoisotopic (exact) mass is 206 g/mol. The van der Waals surface area contributed by atoms with Crippen LogP contribution in [0.5, 0.6) is 0 Å². The van der Waals surface area contributed by atoms with Crippen LogP contribution in [0.3, 0.4) is 0 Å². The number of hydrogen-bond acceptors (Lipinski definition) is 5. The van der Waals surface area contributed by atoms with E-state index in [-0.39, 0.29) is 13.0 Å². The summed E-state index contributed by atoms with van der Waals surface area (Å²) in [5.41, 5.74) is 0. The molecule has 0 bridgehead atoms. The smallest absolute Gasteiger partial charge is 0.307 e. The number of rotatable bonds is 8. The molecule has 1 unspecified atom stereocenters. The van der Waals surface area contributed by atoms with Gasteiger partial charge in [0.05, 0.1) is 13.2 Å². The van der Waals surface area contributed by atoms with E-state index in [1.54, 1.807) is 6.92 Å². The normalized spacial score (nSPS) is 12.5. The van der Waals surface area contributed by atoms with Crippen LogP contribution in [0, 0.1) is 0 Å². The van der Waals surface area contributed by atoms with Crippen molar-refractivity contribution < 1.29 is 24.1 Å². The Morgan fingerprint density at radius 1 is 1.29 bits per heavy atom. The number of ether oxygens (including phenoxy) is 3. The van der Waals surface area contributed by atoms with Crippen molar-refractivity contribution >= 4 is 5.97 Å². The quantitative estimate of drug-likeness (QED) is 0.352. The molecule has 5 heteroatoms. The molecule has 14 heavy (non-hydrogen) atoms. The Morgan fingerprint density at radius 2 is 1.93 bits per heavy atom. The second-order valence-corrected chi connectivity index (χ2v) is 2.57. The van der Waals surface area contributed by atoms with Crippen molar-refractivity contribution in [1.29, 1.82) is 0 Å². The third-order valence-electron chi connectivity index (χ3n) is 1.39. The topological polar surface area (TPSA) is 65.0 Å². The first kappa shape index (κ1) is 13.4. The molecule has 5 nitrogen and oxygen atoms in total. The lowest BCUT2D eigenvalue weighted by Gasteiger charge is -2.11.